The summed E-state index contributed by atoms with van der Waals surface area (Å²) in [4.78, 5) is 13.2. The molecule has 2 rings (SSSR count). The molecule has 0 radical (unpaired) electrons. The number of sulfonamides is 1. The predicted molar refractivity (Wildman–Crippen MR) is 103 cm³/mol. The van der Waals surface area contributed by atoms with Crippen LogP contribution in [0.5, 0.6) is 0 Å². The van der Waals surface area contributed by atoms with E-state index in [2.05, 4.69) is 5.32 Å². The Hall–Kier alpha value is -1.74. The van der Waals surface area contributed by atoms with Crippen molar-refractivity contribution in [3.05, 3.63) is 52.2 Å². The highest BCUT2D eigenvalue weighted by atomic mass is 32.2. The quantitative estimate of drug-likeness (QED) is 0.717. The van der Waals surface area contributed by atoms with Crippen LogP contribution < -0.4 is 5.32 Å². The molecule has 1 heterocycles. The van der Waals surface area contributed by atoms with Gasteiger partial charge in [-0.05, 0) is 42.6 Å². The summed E-state index contributed by atoms with van der Waals surface area (Å²) in [5.74, 6) is -0.367. The van der Waals surface area contributed by atoms with Gasteiger partial charge in [0.05, 0.1) is 11.4 Å². The monoisotopic (exact) mass is 396 g/mol. The van der Waals surface area contributed by atoms with Gasteiger partial charge in [0.25, 0.3) is 5.91 Å². The lowest BCUT2D eigenvalue weighted by molar-refractivity contribution is 0.0557. The average molecular weight is 397 g/mol. The van der Waals surface area contributed by atoms with E-state index in [4.69, 9.17) is 0 Å². The number of carbonyl (C=O) groups excluding carboxylic acids is 1. The van der Waals surface area contributed by atoms with Gasteiger partial charge in [-0.1, -0.05) is 19.9 Å². The Labute approximate surface area is 158 Å². The molecule has 26 heavy (non-hydrogen) atoms. The Kier molecular flexibility index (Phi) is 6.57. The molecule has 1 aromatic carbocycles. The lowest BCUT2D eigenvalue weighted by Crippen LogP contribution is -2.38. The van der Waals surface area contributed by atoms with Crippen molar-refractivity contribution in [3.63, 3.8) is 0 Å². The van der Waals surface area contributed by atoms with Crippen molar-refractivity contribution < 1.29 is 18.3 Å². The van der Waals surface area contributed by atoms with E-state index in [1.54, 1.807) is 20.8 Å². The highest BCUT2D eigenvalue weighted by Gasteiger charge is 2.25. The lowest BCUT2D eigenvalue weighted by Gasteiger charge is -2.22. The molecule has 6 nitrogen and oxygen atoms in total. The third-order valence-corrected chi connectivity index (χ3v) is 7.29. The Morgan fingerprint density at radius 3 is 2.31 bits per heavy atom. The number of amides is 1. The molecule has 2 aromatic rings. The molecular weight excluding hydrogens is 372 g/mol. The molecule has 1 atom stereocenters. The Balaban J connectivity index is 2.07. The standard InChI is InChI=1S/C18H24N2O4S2/c1-4-20(5-2)26(23,24)15-10-8-14(9-11-15)17(21)19-13-18(3,22)16-7-6-12-25-16/h6-12,22H,4-5,13H2,1-3H3,(H,19,21). The molecule has 0 saturated carbocycles. The van der Waals surface area contributed by atoms with Gasteiger partial charge in [-0.2, -0.15) is 4.31 Å². The highest BCUT2D eigenvalue weighted by Crippen LogP contribution is 2.24. The van der Waals surface area contributed by atoms with Crippen molar-refractivity contribution in [1.29, 1.82) is 0 Å². The van der Waals surface area contributed by atoms with Crippen LogP contribution in [-0.2, 0) is 15.6 Å². The van der Waals surface area contributed by atoms with Crippen LogP contribution >= 0.6 is 11.3 Å². The first kappa shape index (κ1) is 20.6. The smallest absolute Gasteiger partial charge is 0.251 e. The number of rotatable bonds is 8. The fourth-order valence-corrected chi connectivity index (χ4v) is 4.76. The minimum absolute atomic E-state index is 0.0614. The van der Waals surface area contributed by atoms with Crippen molar-refractivity contribution in [2.24, 2.45) is 0 Å². The molecule has 1 unspecified atom stereocenters. The zero-order chi connectivity index (χ0) is 19.4. The minimum Gasteiger partial charge on any atom is -0.383 e. The average Bonchev–Trinajstić information content (AvgIpc) is 3.16. The summed E-state index contributed by atoms with van der Waals surface area (Å²) in [6.07, 6.45) is 0. The molecule has 142 valence electrons. The van der Waals surface area contributed by atoms with Crippen LogP contribution in [0.4, 0.5) is 0 Å². The van der Waals surface area contributed by atoms with Gasteiger partial charge in [-0.15, -0.1) is 11.3 Å². The summed E-state index contributed by atoms with van der Waals surface area (Å²) in [6.45, 7) is 6.03. The second kappa shape index (κ2) is 8.30. The van der Waals surface area contributed by atoms with Crippen LogP contribution in [0.1, 0.15) is 36.0 Å². The number of aliphatic hydroxyl groups is 1. The highest BCUT2D eigenvalue weighted by molar-refractivity contribution is 7.89. The topological polar surface area (TPSA) is 86.7 Å². The number of nitrogens with zero attached hydrogens (tertiary/aromatic N) is 1. The third-order valence-electron chi connectivity index (χ3n) is 4.10. The molecule has 0 bridgehead atoms. The van der Waals surface area contributed by atoms with Crippen LogP contribution in [0.15, 0.2) is 46.7 Å². The number of thiophene rings is 1. The van der Waals surface area contributed by atoms with Gasteiger partial charge in [0.2, 0.25) is 10.0 Å². The van der Waals surface area contributed by atoms with Crippen LogP contribution in [0.3, 0.4) is 0 Å². The van der Waals surface area contributed by atoms with E-state index in [1.165, 1.54) is 39.9 Å². The van der Waals surface area contributed by atoms with Crippen LogP contribution in [0.25, 0.3) is 0 Å². The van der Waals surface area contributed by atoms with Crippen LogP contribution in [0, 0.1) is 0 Å². The fraction of sp³-hybridized carbons (Fsp3) is 0.389. The zero-order valence-electron chi connectivity index (χ0n) is 15.1. The molecule has 1 aromatic heterocycles. The van der Waals surface area contributed by atoms with Crippen molar-refractivity contribution >= 4 is 27.3 Å². The van der Waals surface area contributed by atoms with E-state index in [9.17, 15) is 18.3 Å². The van der Waals surface area contributed by atoms with Crippen molar-refractivity contribution in [1.82, 2.24) is 9.62 Å². The Morgan fingerprint density at radius 2 is 1.81 bits per heavy atom. The van der Waals surface area contributed by atoms with Gasteiger partial charge in [0.15, 0.2) is 0 Å². The number of benzene rings is 1. The van der Waals surface area contributed by atoms with Crippen LogP contribution in [-0.4, -0.2) is 43.4 Å². The maximum absolute atomic E-state index is 12.5. The minimum atomic E-state index is -3.55. The molecule has 2 N–H and O–H groups in total. The molecule has 8 heteroatoms. The van der Waals surface area contributed by atoms with E-state index in [-0.39, 0.29) is 17.3 Å². The summed E-state index contributed by atoms with van der Waals surface area (Å²) < 4.78 is 26.3. The second-order valence-electron chi connectivity index (χ2n) is 6.05. The Bertz CT molecular complexity index is 825. The lowest BCUT2D eigenvalue weighted by atomic mass is 10.1. The number of carbonyl (C=O) groups is 1. The number of hydrogen-bond donors (Lipinski definition) is 2. The molecule has 0 aliphatic rings. The van der Waals surface area contributed by atoms with Gasteiger partial charge < -0.3 is 10.4 Å². The van der Waals surface area contributed by atoms with Gasteiger partial charge in [0, 0.05) is 23.5 Å². The normalized spacial score (nSPS) is 14.2. The predicted octanol–water partition coefficient (Wildman–Crippen LogP) is 2.42. The van der Waals surface area contributed by atoms with Gasteiger partial charge >= 0.3 is 0 Å². The largest absolute Gasteiger partial charge is 0.383 e. The molecule has 1 amide bonds. The third kappa shape index (κ3) is 4.50. The van der Waals surface area contributed by atoms with Crippen molar-refractivity contribution in [2.75, 3.05) is 19.6 Å². The molecular formula is C18H24N2O4S2. The summed E-state index contributed by atoms with van der Waals surface area (Å²) in [6, 6.07) is 9.46. The number of hydrogen-bond acceptors (Lipinski definition) is 5. The molecule has 0 aliphatic carbocycles. The summed E-state index contributed by atoms with van der Waals surface area (Å²) in [7, 11) is -3.55. The summed E-state index contributed by atoms with van der Waals surface area (Å²) in [5, 5.41) is 15.0. The van der Waals surface area contributed by atoms with E-state index < -0.39 is 15.6 Å². The SMILES string of the molecule is CCN(CC)S(=O)(=O)c1ccc(C(=O)NCC(C)(O)c2cccs2)cc1. The maximum atomic E-state index is 12.5. The zero-order valence-corrected chi connectivity index (χ0v) is 16.7. The molecule has 0 aliphatic heterocycles. The van der Waals surface area contributed by atoms with Gasteiger partial charge in [-0.3, -0.25) is 4.79 Å². The molecule has 0 saturated heterocycles. The first-order valence-electron chi connectivity index (χ1n) is 8.37. The van der Waals surface area contributed by atoms with E-state index >= 15 is 0 Å². The van der Waals surface area contributed by atoms with Gasteiger partial charge in [-0.25, -0.2) is 8.42 Å². The maximum Gasteiger partial charge on any atom is 0.251 e. The molecule has 0 fully saturated rings. The Morgan fingerprint density at radius 1 is 1.19 bits per heavy atom. The van der Waals surface area contributed by atoms with E-state index in [1.807, 2.05) is 17.5 Å². The molecule has 0 spiro atoms. The van der Waals surface area contributed by atoms with E-state index in [0.29, 0.717) is 18.7 Å². The summed E-state index contributed by atoms with van der Waals surface area (Å²) >= 11 is 1.42. The summed E-state index contributed by atoms with van der Waals surface area (Å²) in [5.41, 5.74) is -0.818. The second-order valence-corrected chi connectivity index (χ2v) is 8.93. The van der Waals surface area contributed by atoms with Gasteiger partial charge in [0.1, 0.15) is 5.60 Å². The fourth-order valence-electron chi connectivity index (χ4n) is 2.52. The van der Waals surface area contributed by atoms with Crippen LogP contribution in [0.2, 0.25) is 0 Å². The van der Waals surface area contributed by atoms with Crippen molar-refractivity contribution in [2.45, 2.75) is 31.3 Å². The number of nitrogens with one attached hydrogen (secondary N) is 1. The first-order valence-corrected chi connectivity index (χ1v) is 10.7. The first-order chi connectivity index (χ1) is 12.2. The van der Waals surface area contributed by atoms with Crippen molar-refractivity contribution in [3.8, 4) is 0 Å². The van der Waals surface area contributed by atoms with E-state index in [0.717, 1.165) is 4.88 Å².